The number of amides is 2. The van der Waals surface area contributed by atoms with Gasteiger partial charge in [-0.25, -0.2) is 0 Å². The number of carbonyl (C=O) groups excluding carboxylic acids is 2. The zero-order chi connectivity index (χ0) is 22.7. The van der Waals surface area contributed by atoms with E-state index in [9.17, 15) is 9.59 Å². The lowest BCUT2D eigenvalue weighted by molar-refractivity contribution is -0.137. The molecule has 2 amide bonds. The van der Waals surface area contributed by atoms with E-state index in [-0.39, 0.29) is 17.7 Å². The molecule has 1 atom stereocenters. The molecule has 0 saturated carbocycles. The molecule has 2 saturated heterocycles. The molecule has 0 aromatic heterocycles. The fraction of sp³-hybridized carbons (Fsp3) is 0.462. The van der Waals surface area contributed by atoms with Gasteiger partial charge in [-0.2, -0.15) is 0 Å². The van der Waals surface area contributed by atoms with Gasteiger partial charge in [-0.1, -0.05) is 29.3 Å². The molecular weight excluding hydrogens is 402 g/mol. The average molecular weight is 436 g/mol. The number of likely N-dealkylation sites (tertiary alicyclic amines) is 1. The maximum absolute atomic E-state index is 13.3. The number of para-hydroxylation sites is 2. The third-order valence-electron chi connectivity index (χ3n) is 6.54. The number of ether oxygens (including phenoxy) is 1. The van der Waals surface area contributed by atoms with Crippen molar-refractivity contribution in [3.05, 3.63) is 59.2 Å². The molecule has 6 nitrogen and oxygen atoms in total. The summed E-state index contributed by atoms with van der Waals surface area (Å²) >= 11 is 0. The van der Waals surface area contributed by atoms with Crippen LogP contribution in [0.15, 0.2) is 42.5 Å². The Hall–Kier alpha value is -3.02. The van der Waals surface area contributed by atoms with Crippen molar-refractivity contribution in [3.63, 3.8) is 0 Å². The molecule has 2 fully saturated rings. The summed E-state index contributed by atoms with van der Waals surface area (Å²) in [7, 11) is 1.69. The largest absolute Gasteiger partial charge is 0.495 e. The highest BCUT2D eigenvalue weighted by atomic mass is 16.5. The van der Waals surface area contributed by atoms with Gasteiger partial charge in [0.05, 0.1) is 18.7 Å². The number of nitrogens with zero attached hydrogens (tertiary/aromatic N) is 3. The molecule has 2 aliphatic heterocycles. The minimum absolute atomic E-state index is 0.0373. The van der Waals surface area contributed by atoms with Crippen molar-refractivity contribution >= 4 is 17.5 Å². The second-order valence-electron chi connectivity index (χ2n) is 8.95. The first-order valence-corrected chi connectivity index (χ1v) is 11.5. The predicted octanol–water partition coefficient (Wildman–Crippen LogP) is 3.51. The Morgan fingerprint density at radius 3 is 2.28 bits per heavy atom. The van der Waals surface area contributed by atoms with Crippen LogP contribution in [0.2, 0.25) is 0 Å². The Kier molecular flexibility index (Phi) is 6.68. The molecule has 1 unspecified atom stereocenters. The molecule has 2 aromatic carbocycles. The molecule has 2 aliphatic rings. The highest BCUT2D eigenvalue weighted by Gasteiger charge is 2.33. The number of hydrogen-bond donors (Lipinski definition) is 0. The van der Waals surface area contributed by atoms with Crippen LogP contribution < -0.4 is 9.64 Å². The SMILES string of the molecule is COc1ccccc1N1CCN(C(=O)C2CCCN(C(=O)c3cc(C)cc(C)c3)C2)CC1. The number of piperidine rings is 1. The monoisotopic (exact) mass is 435 g/mol. The molecule has 4 rings (SSSR count). The van der Waals surface area contributed by atoms with E-state index in [4.69, 9.17) is 4.74 Å². The molecule has 2 aromatic rings. The van der Waals surface area contributed by atoms with E-state index in [1.807, 2.05) is 54.0 Å². The zero-order valence-electron chi connectivity index (χ0n) is 19.3. The van der Waals surface area contributed by atoms with Gasteiger partial charge < -0.3 is 19.4 Å². The van der Waals surface area contributed by atoms with Crippen LogP contribution in [0, 0.1) is 19.8 Å². The molecule has 0 N–H and O–H groups in total. The fourth-order valence-electron chi connectivity index (χ4n) is 4.96. The van der Waals surface area contributed by atoms with Crippen LogP contribution in [0.1, 0.15) is 34.3 Å². The predicted molar refractivity (Wildman–Crippen MR) is 126 cm³/mol. The summed E-state index contributed by atoms with van der Waals surface area (Å²) in [6.07, 6.45) is 1.72. The molecule has 0 radical (unpaired) electrons. The molecule has 32 heavy (non-hydrogen) atoms. The number of methoxy groups -OCH3 is 1. The molecular formula is C26H33N3O3. The first-order valence-electron chi connectivity index (χ1n) is 11.5. The Balaban J connectivity index is 1.37. The van der Waals surface area contributed by atoms with Crippen molar-refractivity contribution in [1.82, 2.24) is 9.80 Å². The van der Waals surface area contributed by atoms with Crippen molar-refractivity contribution in [2.75, 3.05) is 51.3 Å². The van der Waals surface area contributed by atoms with Crippen LogP contribution in [0.5, 0.6) is 5.75 Å². The maximum atomic E-state index is 13.3. The summed E-state index contributed by atoms with van der Waals surface area (Å²) in [5, 5.41) is 0. The van der Waals surface area contributed by atoms with Crippen molar-refractivity contribution in [3.8, 4) is 5.75 Å². The smallest absolute Gasteiger partial charge is 0.253 e. The van der Waals surface area contributed by atoms with Crippen molar-refractivity contribution < 1.29 is 14.3 Å². The lowest BCUT2D eigenvalue weighted by Crippen LogP contribution is -2.53. The third kappa shape index (κ3) is 4.74. The van der Waals surface area contributed by atoms with Crippen molar-refractivity contribution in [2.24, 2.45) is 5.92 Å². The first-order chi connectivity index (χ1) is 15.5. The summed E-state index contributed by atoms with van der Waals surface area (Å²) in [5.41, 5.74) is 3.97. The number of carbonyl (C=O) groups is 2. The van der Waals surface area contributed by atoms with E-state index in [1.54, 1.807) is 7.11 Å². The van der Waals surface area contributed by atoms with Gasteiger partial charge in [-0.05, 0) is 51.0 Å². The highest BCUT2D eigenvalue weighted by Crippen LogP contribution is 2.29. The summed E-state index contributed by atoms with van der Waals surface area (Å²) in [5.74, 6) is 0.967. The molecule has 0 spiro atoms. The zero-order valence-corrected chi connectivity index (χ0v) is 19.3. The maximum Gasteiger partial charge on any atom is 0.253 e. The minimum Gasteiger partial charge on any atom is -0.495 e. The Morgan fingerprint density at radius 2 is 1.59 bits per heavy atom. The van der Waals surface area contributed by atoms with Gasteiger partial charge in [0.2, 0.25) is 5.91 Å². The highest BCUT2D eigenvalue weighted by molar-refractivity contribution is 5.95. The summed E-state index contributed by atoms with van der Waals surface area (Å²) < 4.78 is 5.49. The van der Waals surface area contributed by atoms with Crippen LogP contribution >= 0.6 is 0 Å². The average Bonchev–Trinajstić information content (AvgIpc) is 2.82. The minimum atomic E-state index is -0.114. The van der Waals surface area contributed by atoms with Crippen LogP contribution in [0.25, 0.3) is 0 Å². The van der Waals surface area contributed by atoms with Gasteiger partial charge in [0, 0.05) is 44.8 Å². The topological polar surface area (TPSA) is 53.1 Å². The summed E-state index contributed by atoms with van der Waals surface area (Å²) in [4.78, 5) is 32.5. The molecule has 2 heterocycles. The second kappa shape index (κ2) is 9.63. The normalized spacial score (nSPS) is 19.1. The van der Waals surface area contributed by atoms with Gasteiger partial charge >= 0.3 is 0 Å². The first kappa shape index (κ1) is 22.2. The van der Waals surface area contributed by atoms with Gasteiger partial charge in [0.1, 0.15) is 5.75 Å². The number of piperazine rings is 1. The van der Waals surface area contributed by atoms with Crippen molar-refractivity contribution in [1.29, 1.82) is 0 Å². The van der Waals surface area contributed by atoms with E-state index in [1.165, 1.54) is 0 Å². The van der Waals surface area contributed by atoms with Gasteiger partial charge in [0.25, 0.3) is 5.91 Å². The van der Waals surface area contributed by atoms with E-state index < -0.39 is 0 Å². The summed E-state index contributed by atoms with van der Waals surface area (Å²) in [6.45, 7) is 8.20. The van der Waals surface area contributed by atoms with Gasteiger partial charge in [0.15, 0.2) is 0 Å². The fourth-order valence-corrected chi connectivity index (χ4v) is 4.96. The number of hydrogen-bond acceptors (Lipinski definition) is 4. The van der Waals surface area contributed by atoms with Crippen LogP contribution in [-0.4, -0.2) is 68.0 Å². The van der Waals surface area contributed by atoms with Crippen LogP contribution in [-0.2, 0) is 4.79 Å². The number of rotatable bonds is 4. The number of benzene rings is 2. The number of aryl methyl sites for hydroxylation is 2. The van der Waals surface area contributed by atoms with E-state index in [0.29, 0.717) is 19.6 Å². The summed E-state index contributed by atoms with van der Waals surface area (Å²) in [6, 6.07) is 14.0. The van der Waals surface area contributed by atoms with E-state index in [2.05, 4.69) is 17.0 Å². The Labute approximate surface area is 190 Å². The molecule has 0 aliphatic carbocycles. The van der Waals surface area contributed by atoms with E-state index >= 15 is 0 Å². The van der Waals surface area contributed by atoms with Crippen LogP contribution in [0.3, 0.4) is 0 Å². The lowest BCUT2D eigenvalue weighted by Gasteiger charge is -2.40. The van der Waals surface area contributed by atoms with Crippen LogP contribution in [0.4, 0.5) is 5.69 Å². The molecule has 0 bridgehead atoms. The standard InChI is InChI=1S/C26H33N3O3/c1-19-15-20(2)17-22(16-19)26(31)29-10-6-7-21(18-29)25(30)28-13-11-27(12-14-28)23-8-4-5-9-24(23)32-3/h4-5,8-9,15-17,21H,6-7,10-14,18H2,1-3H3. The third-order valence-corrected chi connectivity index (χ3v) is 6.54. The molecule has 170 valence electrons. The number of anilines is 1. The Morgan fingerprint density at radius 1 is 0.906 bits per heavy atom. The van der Waals surface area contributed by atoms with Gasteiger partial charge in [-0.15, -0.1) is 0 Å². The Bertz CT molecular complexity index is 962. The lowest BCUT2D eigenvalue weighted by atomic mass is 9.95. The van der Waals surface area contributed by atoms with Crippen molar-refractivity contribution in [2.45, 2.75) is 26.7 Å². The van der Waals surface area contributed by atoms with E-state index in [0.717, 1.165) is 60.6 Å². The quantitative estimate of drug-likeness (QED) is 0.738. The molecule has 6 heteroatoms. The second-order valence-corrected chi connectivity index (χ2v) is 8.95. The van der Waals surface area contributed by atoms with Gasteiger partial charge in [-0.3, -0.25) is 9.59 Å².